The van der Waals surface area contributed by atoms with E-state index in [1.165, 1.54) is 18.2 Å². The van der Waals surface area contributed by atoms with Crippen LogP contribution in [0.15, 0.2) is 18.2 Å². The topological polar surface area (TPSA) is 29.1 Å². The maximum atomic E-state index is 13.0. The van der Waals surface area contributed by atoms with Gasteiger partial charge in [0.15, 0.2) is 0 Å². The van der Waals surface area contributed by atoms with Gasteiger partial charge in [0, 0.05) is 11.9 Å². The van der Waals surface area contributed by atoms with E-state index in [9.17, 15) is 9.18 Å². The first-order chi connectivity index (χ1) is 7.06. The molecular weight excluding hydrogens is 240 g/mol. The summed E-state index contributed by atoms with van der Waals surface area (Å²) in [6, 6.07) is 3.91. The van der Waals surface area contributed by atoms with Crippen LogP contribution in [0.2, 0.25) is 5.02 Å². The standard InChI is InChI=1S/C10H10Cl2FNO/c1-6(5-11)14-10(15)7-3-2-4-8(13)9(7)12/h2-4,6H,5H2,1H3,(H,14,15). The monoisotopic (exact) mass is 249 g/mol. The van der Waals surface area contributed by atoms with Gasteiger partial charge in [0.2, 0.25) is 0 Å². The Hall–Kier alpha value is -0.800. The number of carbonyl (C=O) groups is 1. The van der Waals surface area contributed by atoms with Gasteiger partial charge in [-0.2, -0.15) is 0 Å². The summed E-state index contributed by atoms with van der Waals surface area (Å²) in [5, 5.41) is 2.42. The third-order valence-corrected chi connectivity index (χ3v) is 2.65. The third-order valence-electron chi connectivity index (χ3n) is 1.81. The molecule has 0 bridgehead atoms. The van der Waals surface area contributed by atoms with Gasteiger partial charge in [-0.3, -0.25) is 4.79 Å². The molecule has 0 saturated carbocycles. The minimum atomic E-state index is -0.608. The van der Waals surface area contributed by atoms with Gasteiger partial charge in [0.05, 0.1) is 10.6 Å². The summed E-state index contributed by atoms with van der Waals surface area (Å²) in [6.45, 7) is 1.75. The summed E-state index contributed by atoms with van der Waals surface area (Å²) >= 11 is 11.2. The summed E-state index contributed by atoms with van der Waals surface area (Å²) in [7, 11) is 0. The first kappa shape index (κ1) is 12.3. The Morgan fingerprint density at radius 1 is 1.60 bits per heavy atom. The van der Waals surface area contributed by atoms with Gasteiger partial charge in [0.1, 0.15) is 5.82 Å². The normalized spacial score (nSPS) is 12.3. The van der Waals surface area contributed by atoms with Crippen LogP contribution in [0.3, 0.4) is 0 Å². The average Bonchev–Trinajstić information content (AvgIpc) is 2.21. The molecule has 5 heteroatoms. The Balaban J connectivity index is 2.87. The first-order valence-corrected chi connectivity index (χ1v) is 5.28. The molecule has 82 valence electrons. The van der Waals surface area contributed by atoms with Crippen LogP contribution < -0.4 is 5.32 Å². The molecule has 0 aliphatic heterocycles. The van der Waals surface area contributed by atoms with Gasteiger partial charge in [-0.25, -0.2) is 4.39 Å². The molecule has 0 fully saturated rings. The van der Waals surface area contributed by atoms with Crippen molar-refractivity contribution in [1.82, 2.24) is 5.32 Å². The van der Waals surface area contributed by atoms with Crippen LogP contribution >= 0.6 is 23.2 Å². The maximum Gasteiger partial charge on any atom is 0.253 e. The van der Waals surface area contributed by atoms with Crippen LogP contribution in [0.25, 0.3) is 0 Å². The number of amides is 1. The molecule has 0 aliphatic rings. The Bertz CT molecular complexity index is 370. The van der Waals surface area contributed by atoms with Crippen LogP contribution in [-0.2, 0) is 0 Å². The van der Waals surface area contributed by atoms with Crippen molar-refractivity contribution < 1.29 is 9.18 Å². The summed E-state index contributed by atoms with van der Waals surface area (Å²) < 4.78 is 13.0. The smallest absolute Gasteiger partial charge is 0.253 e. The lowest BCUT2D eigenvalue weighted by atomic mass is 10.2. The second-order valence-corrected chi connectivity index (χ2v) is 3.82. The number of benzene rings is 1. The van der Waals surface area contributed by atoms with Crippen molar-refractivity contribution >= 4 is 29.1 Å². The minimum Gasteiger partial charge on any atom is -0.348 e. The number of carbonyl (C=O) groups excluding carboxylic acids is 1. The number of halogens is 3. The quantitative estimate of drug-likeness (QED) is 0.821. The molecule has 1 atom stereocenters. The summed E-state index contributed by atoms with van der Waals surface area (Å²) in [5.74, 6) is -0.742. The van der Waals surface area contributed by atoms with Gasteiger partial charge in [-0.1, -0.05) is 17.7 Å². The van der Waals surface area contributed by atoms with E-state index in [2.05, 4.69) is 5.32 Å². The second-order valence-electron chi connectivity index (χ2n) is 3.13. The van der Waals surface area contributed by atoms with E-state index in [0.29, 0.717) is 5.88 Å². The number of alkyl halides is 1. The maximum absolute atomic E-state index is 13.0. The van der Waals surface area contributed by atoms with E-state index in [-0.39, 0.29) is 16.6 Å². The van der Waals surface area contributed by atoms with E-state index in [1.54, 1.807) is 6.92 Å². The van der Waals surface area contributed by atoms with Gasteiger partial charge < -0.3 is 5.32 Å². The molecule has 15 heavy (non-hydrogen) atoms. The molecule has 2 nitrogen and oxygen atoms in total. The zero-order valence-electron chi connectivity index (χ0n) is 8.06. The highest BCUT2D eigenvalue weighted by atomic mass is 35.5. The van der Waals surface area contributed by atoms with Crippen molar-refractivity contribution in [2.24, 2.45) is 0 Å². The average molecular weight is 250 g/mol. The number of nitrogens with one attached hydrogen (secondary N) is 1. The predicted molar refractivity (Wildman–Crippen MR) is 59.1 cm³/mol. The Kier molecular flexibility index (Phi) is 4.36. The van der Waals surface area contributed by atoms with Crippen molar-refractivity contribution in [2.45, 2.75) is 13.0 Å². The second kappa shape index (κ2) is 5.33. The van der Waals surface area contributed by atoms with Crippen molar-refractivity contribution in [3.05, 3.63) is 34.6 Å². The molecule has 1 N–H and O–H groups in total. The Labute approximate surface area is 97.4 Å². The molecule has 1 unspecified atom stereocenters. The molecule has 0 radical (unpaired) electrons. The van der Waals surface area contributed by atoms with Crippen LogP contribution in [0.1, 0.15) is 17.3 Å². The van der Waals surface area contributed by atoms with E-state index >= 15 is 0 Å². The number of hydrogen-bond acceptors (Lipinski definition) is 1. The number of hydrogen-bond donors (Lipinski definition) is 1. The van der Waals surface area contributed by atoms with Gasteiger partial charge in [-0.15, -0.1) is 11.6 Å². The van der Waals surface area contributed by atoms with Crippen molar-refractivity contribution in [1.29, 1.82) is 0 Å². The molecule has 1 amide bonds. The van der Waals surface area contributed by atoms with E-state index in [0.717, 1.165) is 0 Å². The molecule has 0 saturated heterocycles. The molecule has 0 aliphatic carbocycles. The van der Waals surface area contributed by atoms with Crippen molar-refractivity contribution in [2.75, 3.05) is 5.88 Å². The SMILES string of the molecule is CC(CCl)NC(=O)c1cccc(F)c1Cl. The summed E-state index contributed by atoms with van der Waals surface area (Å²) in [4.78, 5) is 11.6. The number of rotatable bonds is 3. The summed E-state index contributed by atoms with van der Waals surface area (Å²) in [5.41, 5.74) is 0.119. The minimum absolute atomic E-state index is 0.119. The molecule has 0 aromatic heterocycles. The van der Waals surface area contributed by atoms with Crippen molar-refractivity contribution in [3.63, 3.8) is 0 Å². The third kappa shape index (κ3) is 3.08. The molecular formula is C10H10Cl2FNO. The Morgan fingerprint density at radius 2 is 2.27 bits per heavy atom. The highest BCUT2D eigenvalue weighted by Crippen LogP contribution is 2.19. The van der Waals surface area contributed by atoms with Crippen LogP contribution in [0.5, 0.6) is 0 Å². The van der Waals surface area contributed by atoms with Crippen molar-refractivity contribution in [3.8, 4) is 0 Å². The first-order valence-electron chi connectivity index (χ1n) is 4.37. The zero-order valence-corrected chi connectivity index (χ0v) is 9.57. The fourth-order valence-corrected chi connectivity index (χ4v) is 1.31. The van der Waals surface area contributed by atoms with Crippen LogP contribution in [0, 0.1) is 5.82 Å². The van der Waals surface area contributed by atoms with E-state index < -0.39 is 11.7 Å². The van der Waals surface area contributed by atoms with Gasteiger partial charge in [0.25, 0.3) is 5.91 Å². The lowest BCUT2D eigenvalue weighted by Gasteiger charge is -2.11. The zero-order chi connectivity index (χ0) is 11.4. The predicted octanol–water partition coefficient (Wildman–Crippen LogP) is 2.84. The Morgan fingerprint density at radius 3 is 2.87 bits per heavy atom. The molecule has 1 rings (SSSR count). The van der Waals surface area contributed by atoms with Gasteiger partial charge >= 0.3 is 0 Å². The summed E-state index contributed by atoms with van der Waals surface area (Å²) in [6.07, 6.45) is 0. The molecule has 0 heterocycles. The highest BCUT2D eigenvalue weighted by molar-refractivity contribution is 6.34. The van der Waals surface area contributed by atoms with Crippen LogP contribution in [-0.4, -0.2) is 17.8 Å². The fourth-order valence-electron chi connectivity index (χ4n) is 1.02. The molecule has 1 aromatic carbocycles. The molecule has 0 spiro atoms. The lowest BCUT2D eigenvalue weighted by Crippen LogP contribution is -2.33. The molecule has 1 aromatic rings. The highest BCUT2D eigenvalue weighted by Gasteiger charge is 2.14. The van der Waals surface area contributed by atoms with E-state index in [4.69, 9.17) is 23.2 Å². The van der Waals surface area contributed by atoms with E-state index in [1.807, 2.05) is 0 Å². The van der Waals surface area contributed by atoms with Gasteiger partial charge in [-0.05, 0) is 19.1 Å². The van der Waals surface area contributed by atoms with Crippen LogP contribution in [0.4, 0.5) is 4.39 Å². The fraction of sp³-hybridized carbons (Fsp3) is 0.300. The largest absolute Gasteiger partial charge is 0.348 e. The lowest BCUT2D eigenvalue weighted by molar-refractivity contribution is 0.0943.